The van der Waals surface area contributed by atoms with Crippen LogP contribution in [0.3, 0.4) is 0 Å². The van der Waals surface area contributed by atoms with Crippen LogP contribution in [0.1, 0.15) is 44.6 Å². The Morgan fingerprint density at radius 1 is 1.25 bits per heavy atom. The number of carbonyl (C=O) groups is 2. The summed E-state index contributed by atoms with van der Waals surface area (Å²) in [7, 11) is 0. The molecule has 1 heterocycles. The number of carbonyl (C=O) groups excluding carboxylic acids is 2. The zero-order valence-electron chi connectivity index (χ0n) is 14.5. The third-order valence-corrected chi connectivity index (χ3v) is 5.96. The van der Waals surface area contributed by atoms with E-state index in [2.05, 4.69) is 0 Å². The number of rotatable bonds is 7. The third-order valence-electron chi connectivity index (χ3n) is 4.31. The van der Waals surface area contributed by atoms with Gasteiger partial charge >= 0.3 is 0 Å². The number of halogens is 1. The van der Waals surface area contributed by atoms with Crippen LogP contribution in [0.2, 0.25) is 0 Å². The maximum atomic E-state index is 13.2. The molecule has 2 atom stereocenters. The Labute approximate surface area is 147 Å². The Balaban J connectivity index is 2.15. The summed E-state index contributed by atoms with van der Waals surface area (Å²) in [5.41, 5.74) is 0.926. The summed E-state index contributed by atoms with van der Waals surface area (Å²) in [6.45, 7) is 7.46. The van der Waals surface area contributed by atoms with Gasteiger partial charge in [0.15, 0.2) is 0 Å². The largest absolute Gasteiger partial charge is 0.341 e. The molecule has 1 saturated heterocycles. The van der Waals surface area contributed by atoms with Crippen molar-refractivity contribution in [2.45, 2.75) is 44.2 Å². The molecule has 0 aliphatic carbocycles. The predicted octanol–water partition coefficient (Wildman–Crippen LogP) is 3.44. The molecule has 0 saturated carbocycles. The molecule has 0 unspecified atom stereocenters. The maximum absolute atomic E-state index is 13.2. The van der Waals surface area contributed by atoms with Gasteiger partial charge in [-0.05, 0) is 31.0 Å². The molecule has 1 aliphatic heterocycles. The highest BCUT2D eigenvalue weighted by Gasteiger charge is 2.39. The zero-order chi connectivity index (χ0) is 17.7. The van der Waals surface area contributed by atoms with E-state index in [9.17, 15) is 14.0 Å². The van der Waals surface area contributed by atoms with Gasteiger partial charge in [-0.3, -0.25) is 9.59 Å². The molecular formula is C18H25FN2O2S. The summed E-state index contributed by atoms with van der Waals surface area (Å²) in [4.78, 5) is 28.2. The molecule has 132 valence electrons. The topological polar surface area (TPSA) is 40.6 Å². The van der Waals surface area contributed by atoms with Crippen LogP contribution in [-0.4, -0.2) is 46.5 Å². The second kappa shape index (κ2) is 8.51. The number of nitrogens with zero attached hydrogens (tertiary/aromatic N) is 2. The van der Waals surface area contributed by atoms with E-state index in [1.165, 1.54) is 12.1 Å². The molecule has 0 spiro atoms. The highest BCUT2D eigenvalue weighted by molar-refractivity contribution is 8.01. The second-order valence-electron chi connectivity index (χ2n) is 5.80. The lowest BCUT2D eigenvalue weighted by molar-refractivity contribution is -0.134. The van der Waals surface area contributed by atoms with E-state index in [0.717, 1.165) is 12.0 Å². The number of likely N-dealkylation sites (N-methyl/N-ethyl adjacent to an activating group) is 1. The number of thioether (sulfide) groups is 1. The van der Waals surface area contributed by atoms with E-state index in [4.69, 9.17) is 0 Å². The monoisotopic (exact) mass is 352 g/mol. The smallest absolute Gasteiger partial charge is 0.237 e. The molecule has 0 aromatic heterocycles. The van der Waals surface area contributed by atoms with Crippen LogP contribution in [0.4, 0.5) is 4.39 Å². The molecule has 0 N–H and O–H groups in total. The Morgan fingerprint density at radius 3 is 2.46 bits per heavy atom. The Bertz CT molecular complexity index is 579. The molecule has 2 amide bonds. The van der Waals surface area contributed by atoms with E-state index in [1.807, 2.05) is 25.7 Å². The average Bonchev–Trinajstić information content (AvgIpc) is 2.92. The zero-order valence-corrected chi connectivity index (χ0v) is 15.3. The van der Waals surface area contributed by atoms with E-state index in [-0.39, 0.29) is 28.3 Å². The van der Waals surface area contributed by atoms with Crippen molar-refractivity contribution in [3.05, 3.63) is 35.6 Å². The van der Waals surface area contributed by atoms with Crippen molar-refractivity contribution < 1.29 is 14.0 Å². The Kier molecular flexibility index (Phi) is 6.66. The number of benzene rings is 1. The first-order valence-electron chi connectivity index (χ1n) is 8.50. The molecular weight excluding hydrogens is 327 g/mol. The van der Waals surface area contributed by atoms with Crippen molar-refractivity contribution in [3.63, 3.8) is 0 Å². The van der Waals surface area contributed by atoms with Gasteiger partial charge in [0.2, 0.25) is 11.8 Å². The van der Waals surface area contributed by atoms with Gasteiger partial charge in [0.1, 0.15) is 11.2 Å². The summed E-state index contributed by atoms with van der Waals surface area (Å²) >= 11 is 1.61. The molecule has 1 aliphatic rings. The predicted molar refractivity (Wildman–Crippen MR) is 95.1 cm³/mol. The minimum Gasteiger partial charge on any atom is -0.341 e. The lowest BCUT2D eigenvalue weighted by atomic mass is 10.2. The van der Waals surface area contributed by atoms with Gasteiger partial charge in [0.05, 0.1) is 5.25 Å². The summed E-state index contributed by atoms with van der Waals surface area (Å²) in [5.74, 6) is -0.0728. The fourth-order valence-electron chi connectivity index (χ4n) is 2.88. The van der Waals surface area contributed by atoms with E-state index >= 15 is 0 Å². The second-order valence-corrected chi connectivity index (χ2v) is 7.08. The summed E-state index contributed by atoms with van der Waals surface area (Å²) < 4.78 is 13.2. The molecule has 1 aromatic rings. The highest BCUT2D eigenvalue weighted by Crippen LogP contribution is 2.43. The van der Waals surface area contributed by atoms with Crippen molar-refractivity contribution in [3.8, 4) is 0 Å². The fraction of sp³-hybridized carbons (Fsp3) is 0.556. The molecule has 6 heteroatoms. The molecule has 0 radical (unpaired) electrons. The van der Waals surface area contributed by atoms with Crippen molar-refractivity contribution in [2.24, 2.45) is 0 Å². The fourth-order valence-corrected chi connectivity index (χ4v) is 4.31. The Morgan fingerprint density at radius 2 is 1.92 bits per heavy atom. The molecule has 2 rings (SSSR count). The summed E-state index contributed by atoms with van der Waals surface area (Å²) in [6, 6.07) is 6.33. The van der Waals surface area contributed by atoms with Gasteiger partial charge in [0.25, 0.3) is 0 Å². The summed E-state index contributed by atoms with van der Waals surface area (Å²) in [6.07, 6.45) is 1.23. The van der Waals surface area contributed by atoms with E-state index in [1.54, 1.807) is 28.8 Å². The normalized spacial score (nSPS) is 20.5. The van der Waals surface area contributed by atoms with Gasteiger partial charge in [-0.15, -0.1) is 11.8 Å². The number of hydrogen-bond acceptors (Lipinski definition) is 3. The van der Waals surface area contributed by atoms with Crippen molar-refractivity contribution in [2.75, 3.05) is 19.6 Å². The quantitative estimate of drug-likeness (QED) is 0.755. The van der Waals surface area contributed by atoms with Gasteiger partial charge in [-0.1, -0.05) is 26.0 Å². The van der Waals surface area contributed by atoms with Crippen molar-refractivity contribution in [1.29, 1.82) is 0 Å². The number of amides is 2. The van der Waals surface area contributed by atoms with Crippen molar-refractivity contribution in [1.82, 2.24) is 9.80 Å². The standard InChI is InChI=1S/C18H25FN2O2S/c1-4-15-17(23)21(12-11-20(6-3)16(22)5-2)18(24-15)13-7-9-14(19)10-8-13/h7-10,15,18H,4-6,11-12H2,1-3H3/t15-,18+/m0/s1. The molecule has 1 fully saturated rings. The first-order valence-corrected chi connectivity index (χ1v) is 9.45. The minimum atomic E-state index is -0.280. The molecule has 1 aromatic carbocycles. The van der Waals surface area contributed by atoms with Crippen LogP contribution >= 0.6 is 11.8 Å². The van der Waals surface area contributed by atoms with Gasteiger partial charge in [0, 0.05) is 26.1 Å². The van der Waals surface area contributed by atoms with Gasteiger partial charge in [-0.25, -0.2) is 4.39 Å². The Hall–Kier alpha value is -1.56. The lowest BCUT2D eigenvalue weighted by Crippen LogP contribution is -2.40. The van der Waals surface area contributed by atoms with Gasteiger partial charge in [-0.2, -0.15) is 0 Å². The van der Waals surface area contributed by atoms with Crippen LogP contribution in [0.5, 0.6) is 0 Å². The average molecular weight is 352 g/mol. The van der Waals surface area contributed by atoms with Crippen LogP contribution in [-0.2, 0) is 9.59 Å². The molecule has 24 heavy (non-hydrogen) atoms. The SMILES string of the molecule is CCC(=O)N(CC)CCN1C(=O)[C@H](CC)S[C@@H]1c1ccc(F)cc1. The van der Waals surface area contributed by atoms with Crippen LogP contribution < -0.4 is 0 Å². The first kappa shape index (κ1) is 18.8. The minimum absolute atomic E-state index is 0.0722. The first-order chi connectivity index (χ1) is 11.5. The third kappa shape index (κ3) is 4.09. The number of hydrogen-bond donors (Lipinski definition) is 0. The van der Waals surface area contributed by atoms with Crippen LogP contribution in [0.25, 0.3) is 0 Å². The van der Waals surface area contributed by atoms with E-state index in [0.29, 0.717) is 26.1 Å². The van der Waals surface area contributed by atoms with Crippen molar-refractivity contribution >= 4 is 23.6 Å². The summed E-state index contributed by atoms with van der Waals surface area (Å²) in [5, 5.41) is -0.185. The molecule has 4 nitrogen and oxygen atoms in total. The van der Waals surface area contributed by atoms with Crippen LogP contribution in [0, 0.1) is 5.82 Å². The van der Waals surface area contributed by atoms with E-state index < -0.39 is 0 Å². The maximum Gasteiger partial charge on any atom is 0.237 e. The van der Waals surface area contributed by atoms with Crippen LogP contribution in [0.15, 0.2) is 24.3 Å². The lowest BCUT2D eigenvalue weighted by Gasteiger charge is -2.28. The van der Waals surface area contributed by atoms with Gasteiger partial charge < -0.3 is 9.80 Å². The highest BCUT2D eigenvalue weighted by atomic mass is 32.2. The molecule has 0 bridgehead atoms.